The van der Waals surface area contributed by atoms with Gasteiger partial charge in [0.2, 0.25) is 5.16 Å². The van der Waals surface area contributed by atoms with Crippen LogP contribution in [0, 0.1) is 0 Å². The molecule has 0 radical (unpaired) electrons. The Hall–Kier alpha value is -0.180. The molecule has 16 heavy (non-hydrogen) atoms. The normalized spacial score (nSPS) is 18.4. The van der Waals surface area contributed by atoms with Crippen LogP contribution < -0.4 is 0 Å². The number of thiol groups is 1. The number of tetrazole rings is 1. The minimum Gasteiger partial charge on any atom is -0.304 e. The highest BCUT2D eigenvalue weighted by Gasteiger charge is 2.13. The van der Waals surface area contributed by atoms with Crippen molar-refractivity contribution in [2.75, 3.05) is 39.8 Å². The van der Waals surface area contributed by atoms with Gasteiger partial charge in [-0.3, -0.25) is 4.90 Å². The molecule has 1 aliphatic heterocycles. The van der Waals surface area contributed by atoms with Gasteiger partial charge in [0.1, 0.15) is 0 Å². The maximum atomic E-state index is 4.16. The summed E-state index contributed by atoms with van der Waals surface area (Å²) in [5.74, 6) is 0. The van der Waals surface area contributed by atoms with Crippen molar-refractivity contribution in [1.29, 1.82) is 0 Å². The fourth-order valence-electron chi connectivity index (χ4n) is 1.65. The van der Waals surface area contributed by atoms with E-state index in [-0.39, 0.29) is 17.0 Å². The Kier molecular flexibility index (Phi) is 5.67. The maximum absolute atomic E-state index is 4.16. The number of hydrogen-bond acceptors (Lipinski definition) is 6. The molecule has 0 atom stereocenters. The zero-order valence-corrected chi connectivity index (χ0v) is 11.9. The first-order valence-corrected chi connectivity index (χ1v) is 5.56. The van der Waals surface area contributed by atoms with Crippen molar-refractivity contribution >= 4 is 29.6 Å². The quantitative estimate of drug-likeness (QED) is 0.783. The highest BCUT2D eigenvalue weighted by atomic mass is 79.9. The predicted octanol–water partition coefficient (Wildman–Crippen LogP) is -0.213. The number of aromatic nitrogens is 4. The summed E-state index contributed by atoms with van der Waals surface area (Å²) >= 11 is 4.16. The van der Waals surface area contributed by atoms with Gasteiger partial charge in [-0.15, -0.1) is 34.7 Å². The molecule has 0 N–H and O–H groups in total. The van der Waals surface area contributed by atoms with E-state index in [0.717, 1.165) is 39.3 Å². The van der Waals surface area contributed by atoms with Crippen molar-refractivity contribution in [2.24, 2.45) is 0 Å². The lowest BCUT2D eigenvalue weighted by atomic mass is 10.3. The Morgan fingerprint density at radius 3 is 2.44 bits per heavy atom. The topological polar surface area (TPSA) is 50.1 Å². The Morgan fingerprint density at radius 2 is 1.88 bits per heavy atom. The van der Waals surface area contributed by atoms with Crippen LogP contribution in [0.4, 0.5) is 0 Å². The summed E-state index contributed by atoms with van der Waals surface area (Å²) in [5.41, 5.74) is 0. The molecule has 92 valence electrons. The maximum Gasteiger partial charge on any atom is 0.206 e. The number of nitrogens with zero attached hydrogens (tertiary/aromatic N) is 6. The van der Waals surface area contributed by atoms with Crippen molar-refractivity contribution in [3.8, 4) is 0 Å². The van der Waals surface area contributed by atoms with Crippen LogP contribution in [0.1, 0.15) is 0 Å². The molecule has 1 aromatic rings. The van der Waals surface area contributed by atoms with Gasteiger partial charge in [-0.25, -0.2) is 4.68 Å². The molecule has 0 unspecified atom stereocenters. The molecule has 2 heterocycles. The van der Waals surface area contributed by atoms with Gasteiger partial charge in [-0.2, -0.15) is 0 Å². The van der Waals surface area contributed by atoms with Gasteiger partial charge < -0.3 is 4.90 Å². The third kappa shape index (κ3) is 3.69. The number of rotatable bonds is 3. The summed E-state index contributed by atoms with van der Waals surface area (Å²) in [6, 6.07) is 0. The lowest BCUT2D eigenvalue weighted by Gasteiger charge is -2.32. The van der Waals surface area contributed by atoms with Gasteiger partial charge in [-0.05, 0) is 17.5 Å². The van der Waals surface area contributed by atoms with Crippen LogP contribution in [0.15, 0.2) is 5.16 Å². The lowest BCUT2D eigenvalue weighted by Crippen LogP contribution is -2.45. The van der Waals surface area contributed by atoms with E-state index in [1.54, 1.807) is 4.68 Å². The number of piperazine rings is 1. The van der Waals surface area contributed by atoms with Crippen LogP contribution in [0.25, 0.3) is 0 Å². The first kappa shape index (κ1) is 13.9. The van der Waals surface area contributed by atoms with Gasteiger partial charge in [0.15, 0.2) is 0 Å². The Balaban J connectivity index is 0.00000128. The van der Waals surface area contributed by atoms with Gasteiger partial charge in [0.25, 0.3) is 0 Å². The first-order valence-electron chi connectivity index (χ1n) is 5.12. The molecule has 1 fully saturated rings. The molecule has 0 aliphatic carbocycles. The highest BCUT2D eigenvalue weighted by Crippen LogP contribution is 2.01. The summed E-state index contributed by atoms with van der Waals surface area (Å²) in [5, 5.41) is 11.7. The van der Waals surface area contributed by atoms with E-state index < -0.39 is 0 Å². The molecule has 0 bridgehead atoms. The minimum absolute atomic E-state index is 0. The van der Waals surface area contributed by atoms with Gasteiger partial charge in [0.05, 0.1) is 6.54 Å². The van der Waals surface area contributed by atoms with E-state index in [2.05, 4.69) is 45.0 Å². The molecular weight excluding hydrogens is 292 g/mol. The van der Waals surface area contributed by atoms with Crippen molar-refractivity contribution < 1.29 is 0 Å². The van der Waals surface area contributed by atoms with E-state index in [9.17, 15) is 0 Å². The minimum atomic E-state index is 0. The van der Waals surface area contributed by atoms with Gasteiger partial charge in [0, 0.05) is 32.7 Å². The molecule has 0 aromatic carbocycles. The summed E-state index contributed by atoms with van der Waals surface area (Å²) in [4.78, 5) is 4.77. The molecule has 1 aromatic heterocycles. The smallest absolute Gasteiger partial charge is 0.206 e. The molecule has 1 saturated heterocycles. The van der Waals surface area contributed by atoms with Gasteiger partial charge >= 0.3 is 0 Å². The molecule has 0 amide bonds. The summed E-state index contributed by atoms with van der Waals surface area (Å²) < 4.78 is 1.72. The number of halogens is 1. The Morgan fingerprint density at radius 1 is 1.19 bits per heavy atom. The van der Waals surface area contributed by atoms with Crippen molar-refractivity contribution in [1.82, 2.24) is 30.0 Å². The van der Waals surface area contributed by atoms with E-state index in [4.69, 9.17) is 0 Å². The standard InChI is InChI=1S/C8H16N6S.BrH/c1-12-2-4-13(5-3-12)6-7-14-8(15)9-10-11-14;/h2-7H2,1H3,(H,9,11,15);1H. The molecule has 0 spiro atoms. The molecule has 2 rings (SSSR count). The predicted molar refractivity (Wildman–Crippen MR) is 69.3 cm³/mol. The molecular formula is C8H17BrN6S. The third-order valence-corrected chi connectivity index (χ3v) is 3.06. The second-order valence-corrected chi connectivity index (χ2v) is 4.25. The molecule has 8 heteroatoms. The monoisotopic (exact) mass is 308 g/mol. The fraction of sp³-hybridized carbons (Fsp3) is 0.875. The van der Waals surface area contributed by atoms with E-state index in [0.29, 0.717) is 5.16 Å². The molecule has 6 nitrogen and oxygen atoms in total. The SMILES string of the molecule is Br.CN1CCN(CCn2nnnc2S)CC1. The van der Waals surface area contributed by atoms with Crippen LogP contribution >= 0.6 is 29.6 Å². The van der Waals surface area contributed by atoms with Crippen LogP contribution in [-0.2, 0) is 6.54 Å². The number of likely N-dealkylation sites (N-methyl/N-ethyl adjacent to an activating group) is 1. The zero-order valence-electron chi connectivity index (χ0n) is 9.28. The average Bonchev–Trinajstić information content (AvgIpc) is 2.63. The summed E-state index contributed by atoms with van der Waals surface area (Å²) in [6.45, 7) is 6.34. The second kappa shape index (κ2) is 6.53. The molecule has 1 aliphatic rings. The third-order valence-electron chi connectivity index (χ3n) is 2.74. The van der Waals surface area contributed by atoms with Crippen LogP contribution in [0.5, 0.6) is 0 Å². The summed E-state index contributed by atoms with van der Waals surface area (Å²) in [6.07, 6.45) is 0. The van der Waals surface area contributed by atoms with Crippen LogP contribution in [0.3, 0.4) is 0 Å². The Bertz CT molecular complexity index is 311. The van der Waals surface area contributed by atoms with E-state index in [1.807, 2.05) is 0 Å². The van der Waals surface area contributed by atoms with Crippen molar-refractivity contribution in [3.05, 3.63) is 0 Å². The van der Waals surface area contributed by atoms with Crippen LogP contribution in [-0.4, -0.2) is 69.8 Å². The second-order valence-electron chi connectivity index (χ2n) is 3.85. The van der Waals surface area contributed by atoms with Gasteiger partial charge in [-0.1, -0.05) is 0 Å². The summed E-state index contributed by atoms with van der Waals surface area (Å²) in [7, 11) is 2.16. The average molecular weight is 309 g/mol. The molecule has 0 saturated carbocycles. The van der Waals surface area contributed by atoms with Crippen molar-refractivity contribution in [3.63, 3.8) is 0 Å². The lowest BCUT2D eigenvalue weighted by molar-refractivity contribution is 0.147. The fourth-order valence-corrected chi connectivity index (χ4v) is 1.83. The Labute approximate surface area is 111 Å². The van der Waals surface area contributed by atoms with E-state index in [1.165, 1.54) is 0 Å². The first-order chi connectivity index (χ1) is 7.25. The number of hydrogen-bond donors (Lipinski definition) is 1. The van der Waals surface area contributed by atoms with Crippen molar-refractivity contribution in [2.45, 2.75) is 11.7 Å². The highest BCUT2D eigenvalue weighted by molar-refractivity contribution is 8.93. The largest absolute Gasteiger partial charge is 0.304 e. The zero-order chi connectivity index (χ0) is 10.7. The van der Waals surface area contributed by atoms with Crippen LogP contribution in [0.2, 0.25) is 0 Å². The van der Waals surface area contributed by atoms with E-state index >= 15 is 0 Å².